The van der Waals surface area contributed by atoms with Crippen LogP contribution in [0.25, 0.3) is 0 Å². The lowest BCUT2D eigenvalue weighted by atomic mass is 9.78. The van der Waals surface area contributed by atoms with Gasteiger partial charge in [0.1, 0.15) is 0 Å². The van der Waals surface area contributed by atoms with E-state index in [-0.39, 0.29) is 5.97 Å². The lowest BCUT2D eigenvalue weighted by molar-refractivity contribution is -0.141. The molecule has 1 aliphatic rings. The van der Waals surface area contributed by atoms with Gasteiger partial charge in [-0.2, -0.15) is 0 Å². The topological polar surface area (TPSA) is 29.5 Å². The smallest absolute Gasteiger partial charge is 0.306 e. The van der Waals surface area contributed by atoms with Crippen molar-refractivity contribution in [1.29, 1.82) is 0 Å². The maximum Gasteiger partial charge on any atom is 0.306 e. The lowest BCUT2D eigenvalue weighted by Gasteiger charge is -2.38. The molecule has 17 heavy (non-hydrogen) atoms. The highest BCUT2D eigenvalue weighted by Gasteiger charge is 2.28. The zero-order valence-corrected chi connectivity index (χ0v) is 11.7. The maximum absolute atomic E-state index is 11.2. The van der Waals surface area contributed by atoms with Gasteiger partial charge in [-0.15, -0.1) is 0 Å². The molecule has 1 fully saturated rings. The van der Waals surface area contributed by atoms with Crippen LogP contribution in [-0.4, -0.2) is 37.1 Å². The predicted octanol–water partition coefficient (Wildman–Crippen LogP) is 2.70. The third kappa shape index (κ3) is 4.30. The number of nitrogens with zero attached hydrogens (tertiary/aromatic N) is 1. The van der Waals surface area contributed by atoms with Gasteiger partial charge in [0.25, 0.3) is 0 Å². The van der Waals surface area contributed by atoms with Crippen LogP contribution in [0.1, 0.15) is 46.5 Å². The minimum Gasteiger partial charge on any atom is -0.469 e. The first-order chi connectivity index (χ1) is 8.08. The van der Waals surface area contributed by atoms with Crippen molar-refractivity contribution in [2.45, 2.75) is 52.5 Å². The maximum atomic E-state index is 11.2. The summed E-state index contributed by atoms with van der Waals surface area (Å²) in [5.41, 5.74) is 0. The zero-order valence-electron chi connectivity index (χ0n) is 11.7. The third-order valence-corrected chi connectivity index (χ3v) is 4.32. The van der Waals surface area contributed by atoms with Gasteiger partial charge in [0.15, 0.2) is 0 Å². The van der Waals surface area contributed by atoms with E-state index in [1.165, 1.54) is 26.4 Å². The molecule has 3 unspecified atom stereocenters. The van der Waals surface area contributed by atoms with E-state index in [0.717, 1.165) is 24.9 Å². The molecule has 0 N–H and O–H groups in total. The van der Waals surface area contributed by atoms with E-state index in [1.54, 1.807) is 0 Å². The Kier molecular flexibility index (Phi) is 5.96. The molecule has 0 saturated heterocycles. The largest absolute Gasteiger partial charge is 0.469 e. The molecule has 0 aromatic heterocycles. The van der Waals surface area contributed by atoms with E-state index in [9.17, 15) is 4.79 Å². The summed E-state index contributed by atoms with van der Waals surface area (Å²) < 4.78 is 4.71. The molecule has 3 nitrogen and oxygen atoms in total. The fourth-order valence-electron chi connectivity index (χ4n) is 2.79. The first-order valence-electron chi connectivity index (χ1n) is 6.89. The van der Waals surface area contributed by atoms with Gasteiger partial charge in [-0.05, 0) is 37.6 Å². The number of hydrogen-bond acceptors (Lipinski definition) is 3. The summed E-state index contributed by atoms with van der Waals surface area (Å²) >= 11 is 0. The van der Waals surface area contributed by atoms with Crippen LogP contribution in [0.3, 0.4) is 0 Å². The fraction of sp³-hybridized carbons (Fsp3) is 0.929. The van der Waals surface area contributed by atoms with Crippen molar-refractivity contribution >= 4 is 5.97 Å². The first kappa shape index (κ1) is 14.5. The Morgan fingerprint density at radius 1 is 1.29 bits per heavy atom. The van der Waals surface area contributed by atoms with Crippen LogP contribution < -0.4 is 0 Å². The first-order valence-corrected chi connectivity index (χ1v) is 6.89. The van der Waals surface area contributed by atoms with Crippen LogP contribution in [0.5, 0.6) is 0 Å². The van der Waals surface area contributed by atoms with Gasteiger partial charge in [-0.3, -0.25) is 4.79 Å². The van der Waals surface area contributed by atoms with Gasteiger partial charge >= 0.3 is 5.97 Å². The van der Waals surface area contributed by atoms with E-state index in [1.807, 2.05) is 0 Å². The van der Waals surface area contributed by atoms with Crippen molar-refractivity contribution in [3.05, 3.63) is 0 Å². The van der Waals surface area contributed by atoms with E-state index in [2.05, 4.69) is 25.7 Å². The molecular formula is C14H27NO2. The molecule has 100 valence electrons. The molecule has 0 bridgehead atoms. The summed E-state index contributed by atoms with van der Waals surface area (Å²) in [6.07, 6.45) is 4.39. The van der Waals surface area contributed by atoms with Crippen LogP contribution in [0.15, 0.2) is 0 Å². The van der Waals surface area contributed by atoms with E-state index in [4.69, 9.17) is 4.74 Å². The van der Waals surface area contributed by atoms with Crippen molar-refractivity contribution in [2.24, 2.45) is 11.8 Å². The van der Waals surface area contributed by atoms with Crippen LogP contribution in [0.2, 0.25) is 0 Å². The Morgan fingerprint density at radius 3 is 2.53 bits per heavy atom. The SMILES string of the molecule is CCN(CCC(=O)OC)C1CCC(C)C(C)C1. The average molecular weight is 241 g/mol. The minimum absolute atomic E-state index is 0.0966. The quantitative estimate of drug-likeness (QED) is 0.693. The van der Waals surface area contributed by atoms with E-state index in [0.29, 0.717) is 12.5 Å². The number of ether oxygens (including phenoxy) is 1. The monoisotopic (exact) mass is 241 g/mol. The summed E-state index contributed by atoms with van der Waals surface area (Å²) in [5, 5.41) is 0. The Morgan fingerprint density at radius 2 is 2.00 bits per heavy atom. The predicted molar refractivity (Wildman–Crippen MR) is 69.8 cm³/mol. The zero-order chi connectivity index (χ0) is 12.8. The number of hydrogen-bond donors (Lipinski definition) is 0. The molecule has 3 atom stereocenters. The Balaban J connectivity index is 2.42. The molecule has 0 aromatic rings. The second-order valence-electron chi connectivity index (χ2n) is 5.38. The highest BCUT2D eigenvalue weighted by atomic mass is 16.5. The molecule has 0 aliphatic heterocycles. The number of carbonyl (C=O) groups excluding carboxylic acids is 1. The normalized spacial score (nSPS) is 29.4. The van der Waals surface area contributed by atoms with Gasteiger partial charge < -0.3 is 9.64 Å². The Hall–Kier alpha value is -0.570. The summed E-state index contributed by atoms with van der Waals surface area (Å²) in [5.74, 6) is 1.56. The van der Waals surface area contributed by atoms with Gasteiger partial charge in [0.2, 0.25) is 0 Å². The molecule has 1 saturated carbocycles. The molecular weight excluding hydrogens is 214 g/mol. The van der Waals surface area contributed by atoms with E-state index >= 15 is 0 Å². The molecule has 3 heteroatoms. The summed E-state index contributed by atoms with van der Waals surface area (Å²) in [6.45, 7) is 8.76. The van der Waals surface area contributed by atoms with Crippen LogP contribution in [0.4, 0.5) is 0 Å². The number of rotatable bonds is 5. The van der Waals surface area contributed by atoms with Crippen LogP contribution in [0, 0.1) is 11.8 Å². The van der Waals surface area contributed by atoms with Gasteiger partial charge in [0, 0.05) is 12.6 Å². The number of esters is 1. The average Bonchev–Trinajstić information content (AvgIpc) is 2.33. The molecule has 0 radical (unpaired) electrons. The standard InChI is InChI=1S/C14H27NO2/c1-5-15(9-8-14(16)17-4)13-7-6-11(2)12(3)10-13/h11-13H,5-10H2,1-4H3. The van der Waals surface area contributed by atoms with Crippen LogP contribution in [-0.2, 0) is 9.53 Å². The Bertz CT molecular complexity index is 242. The van der Waals surface area contributed by atoms with E-state index < -0.39 is 0 Å². The highest BCUT2D eigenvalue weighted by molar-refractivity contribution is 5.69. The summed E-state index contributed by atoms with van der Waals surface area (Å²) in [6, 6.07) is 0.663. The van der Waals surface area contributed by atoms with Gasteiger partial charge in [0.05, 0.1) is 13.5 Å². The number of carbonyl (C=O) groups is 1. The van der Waals surface area contributed by atoms with Crippen LogP contribution >= 0.6 is 0 Å². The lowest BCUT2D eigenvalue weighted by Crippen LogP contribution is -2.41. The van der Waals surface area contributed by atoms with Gasteiger partial charge in [-0.25, -0.2) is 0 Å². The Labute approximate surface area is 106 Å². The third-order valence-electron chi connectivity index (χ3n) is 4.32. The molecule has 0 spiro atoms. The molecule has 1 rings (SSSR count). The van der Waals surface area contributed by atoms with Gasteiger partial charge in [-0.1, -0.05) is 20.8 Å². The number of methoxy groups -OCH3 is 1. The highest BCUT2D eigenvalue weighted by Crippen LogP contribution is 2.32. The summed E-state index contributed by atoms with van der Waals surface area (Å²) in [4.78, 5) is 13.6. The molecule has 0 amide bonds. The van der Waals surface area contributed by atoms with Crippen molar-refractivity contribution in [3.8, 4) is 0 Å². The molecule has 1 aliphatic carbocycles. The van der Waals surface area contributed by atoms with Crippen molar-refractivity contribution < 1.29 is 9.53 Å². The van der Waals surface area contributed by atoms with Crippen molar-refractivity contribution in [2.75, 3.05) is 20.2 Å². The fourth-order valence-corrected chi connectivity index (χ4v) is 2.79. The van der Waals surface area contributed by atoms with Crippen molar-refractivity contribution in [3.63, 3.8) is 0 Å². The molecule has 0 aromatic carbocycles. The second-order valence-corrected chi connectivity index (χ2v) is 5.38. The van der Waals surface area contributed by atoms with Crippen molar-refractivity contribution in [1.82, 2.24) is 4.90 Å². The summed E-state index contributed by atoms with van der Waals surface area (Å²) in [7, 11) is 1.46. The second kappa shape index (κ2) is 7.00. The minimum atomic E-state index is -0.0966. The molecule has 0 heterocycles.